The van der Waals surface area contributed by atoms with Crippen molar-refractivity contribution in [3.05, 3.63) is 77.9 Å². The van der Waals surface area contributed by atoms with Crippen molar-refractivity contribution >= 4 is 17.6 Å². The molecule has 7 heteroatoms. The zero-order chi connectivity index (χ0) is 22.9. The van der Waals surface area contributed by atoms with Gasteiger partial charge in [-0.15, -0.1) is 0 Å². The molecule has 166 valence electrons. The molecule has 0 saturated heterocycles. The van der Waals surface area contributed by atoms with Gasteiger partial charge in [-0.25, -0.2) is 0 Å². The molecule has 3 aromatic rings. The molecule has 0 fully saturated rings. The average molecular weight is 435 g/mol. The van der Waals surface area contributed by atoms with Gasteiger partial charge in [-0.05, 0) is 72.6 Å². The Morgan fingerprint density at radius 1 is 0.750 bits per heavy atom. The molecule has 0 atom stereocenters. The zero-order valence-electron chi connectivity index (χ0n) is 18.2. The van der Waals surface area contributed by atoms with Crippen LogP contribution in [-0.4, -0.2) is 33.2 Å². The van der Waals surface area contributed by atoms with Gasteiger partial charge < -0.3 is 24.3 Å². The number of esters is 1. The molecule has 0 radical (unpaired) electrons. The second kappa shape index (κ2) is 10.9. The first-order valence-corrected chi connectivity index (χ1v) is 9.99. The summed E-state index contributed by atoms with van der Waals surface area (Å²) in [7, 11) is 4.72. The van der Waals surface area contributed by atoms with Crippen LogP contribution in [-0.2, 0) is 11.2 Å². The molecule has 0 saturated carbocycles. The highest BCUT2D eigenvalue weighted by atomic mass is 16.5. The summed E-state index contributed by atoms with van der Waals surface area (Å²) in [6.07, 6.45) is 0.705. The Labute approximate surface area is 186 Å². The standard InChI is InChI=1S/C25H25NO6/c1-29-20-12-8-19(9-13-20)26-25(28)18-6-10-21(11-7-18)32-24(27)15-5-17-4-14-22(30-2)23(16-17)31-3/h4,6-14,16H,5,15H2,1-3H3,(H,26,28). The molecule has 3 rings (SSSR count). The van der Waals surface area contributed by atoms with Crippen molar-refractivity contribution in [2.75, 3.05) is 26.6 Å². The monoisotopic (exact) mass is 435 g/mol. The van der Waals surface area contributed by atoms with E-state index < -0.39 is 0 Å². The number of nitrogens with one attached hydrogen (secondary N) is 1. The fraction of sp³-hybridized carbons (Fsp3) is 0.200. The Bertz CT molecular complexity index is 1060. The van der Waals surface area contributed by atoms with E-state index in [1.807, 2.05) is 12.1 Å². The van der Waals surface area contributed by atoms with Crippen molar-refractivity contribution in [2.45, 2.75) is 12.8 Å². The van der Waals surface area contributed by atoms with Crippen molar-refractivity contribution in [2.24, 2.45) is 0 Å². The summed E-state index contributed by atoms with van der Waals surface area (Å²) in [4.78, 5) is 24.6. The Kier molecular flexibility index (Phi) is 7.70. The SMILES string of the molecule is COc1ccc(NC(=O)c2ccc(OC(=O)CCc3ccc(OC)c(OC)c3)cc2)cc1. The number of hydrogen-bond acceptors (Lipinski definition) is 6. The second-order valence-electron chi connectivity index (χ2n) is 6.87. The highest BCUT2D eigenvalue weighted by Gasteiger charge is 2.10. The molecule has 0 heterocycles. The normalized spacial score (nSPS) is 10.2. The molecule has 0 spiro atoms. The fourth-order valence-corrected chi connectivity index (χ4v) is 3.02. The highest BCUT2D eigenvalue weighted by Crippen LogP contribution is 2.28. The van der Waals surface area contributed by atoms with E-state index in [1.54, 1.807) is 75.9 Å². The molecule has 0 unspecified atom stereocenters. The van der Waals surface area contributed by atoms with E-state index in [0.717, 1.165) is 5.56 Å². The summed E-state index contributed by atoms with van der Waals surface area (Å²) in [5.41, 5.74) is 2.04. The first kappa shape index (κ1) is 22.7. The van der Waals surface area contributed by atoms with Crippen LogP contribution >= 0.6 is 0 Å². The minimum absolute atomic E-state index is 0.204. The summed E-state index contributed by atoms with van der Waals surface area (Å²) in [5.74, 6) is 1.71. The number of benzene rings is 3. The maximum atomic E-state index is 12.4. The molecule has 0 aliphatic carbocycles. The predicted molar refractivity (Wildman–Crippen MR) is 121 cm³/mol. The van der Waals surface area contributed by atoms with Gasteiger partial charge in [0.1, 0.15) is 11.5 Å². The van der Waals surface area contributed by atoms with Gasteiger partial charge in [0.15, 0.2) is 11.5 Å². The average Bonchev–Trinajstić information content (AvgIpc) is 2.83. The van der Waals surface area contributed by atoms with Crippen LogP contribution in [0.1, 0.15) is 22.3 Å². The lowest BCUT2D eigenvalue weighted by Gasteiger charge is -2.10. The molecule has 7 nitrogen and oxygen atoms in total. The van der Waals surface area contributed by atoms with Crippen LogP contribution in [0.2, 0.25) is 0 Å². The predicted octanol–water partition coefficient (Wildman–Crippen LogP) is 4.50. The maximum Gasteiger partial charge on any atom is 0.311 e. The molecule has 0 aromatic heterocycles. The van der Waals surface area contributed by atoms with Crippen LogP contribution in [0.4, 0.5) is 5.69 Å². The number of hydrogen-bond donors (Lipinski definition) is 1. The van der Waals surface area contributed by atoms with Crippen molar-refractivity contribution in [3.8, 4) is 23.0 Å². The van der Waals surface area contributed by atoms with Crippen molar-refractivity contribution in [3.63, 3.8) is 0 Å². The largest absolute Gasteiger partial charge is 0.497 e. The van der Waals surface area contributed by atoms with E-state index in [9.17, 15) is 9.59 Å². The van der Waals surface area contributed by atoms with Gasteiger partial charge in [0.25, 0.3) is 5.91 Å². The van der Waals surface area contributed by atoms with E-state index in [4.69, 9.17) is 18.9 Å². The van der Waals surface area contributed by atoms with Crippen LogP contribution < -0.4 is 24.3 Å². The van der Waals surface area contributed by atoms with E-state index >= 15 is 0 Å². The third kappa shape index (κ3) is 6.01. The summed E-state index contributed by atoms with van der Waals surface area (Å²) >= 11 is 0. The number of rotatable bonds is 9. The van der Waals surface area contributed by atoms with Crippen LogP contribution in [0.15, 0.2) is 66.7 Å². The third-order valence-corrected chi connectivity index (χ3v) is 4.76. The van der Waals surface area contributed by atoms with Crippen molar-refractivity contribution in [1.82, 2.24) is 0 Å². The second-order valence-corrected chi connectivity index (χ2v) is 6.87. The van der Waals surface area contributed by atoms with Gasteiger partial charge in [-0.1, -0.05) is 6.07 Å². The minimum atomic E-state index is -0.366. The lowest BCUT2D eigenvalue weighted by atomic mass is 10.1. The fourth-order valence-electron chi connectivity index (χ4n) is 3.02. The highest BCUT2D eigenvalue weighted by molar-refractivity contribution is 6.04. The number of carbonyl (C=O) groups excluding carboxylic acids is 2. The quantitative estimate of drug-likeness (QED) is 0.394. The van der Waals surface area contributed by atoms with Crippen LogP contribution in [0.25, 0.3) is 0 Å². The first-order valence-electron chi connectivity index (χ1n) is 9.99. The Hall–Kier alpha value is -4.00. The smallest absolute Gasteiger partial charge is 0.311 e. The van der Waals surface area contributed by atoms with E-state index in [2.05, 4.69) is 5.32 Å². The summed E-state index contributed by atoms with van der Waals surface area (Å²) in [6, 6.07) is 19.0. The molecule has 32 heavy (non-hydrogen) atoms. The Morgan fingerprint density at radius 3 is 2.03 bits per heavy atom. The van der Waals surface area contributed by atoms with Crippen LogP contribution in [0, 0.1) is 0 Å². The molecular weight excluding hydrogens is 410 g/mol. The number of anilines is 1. The topological polar surface area (TPSA) is 83.1 Å². The van der Waals surface area contributed by atoms with Crippen LogP contribution in [0.5, 0.6) is 23.0 Å². The molecule has 0 bridgehead atoms. The summed E-state index contributed by atoms with van der Waals surface area (Å²) < 4.78 is 21.0. The lowest BCUT2D eigenvalue weighted by molar-refractivity contribution is -0.134. The Balaban J connectivity index is 1.52. The number of carbonyl (C=O) groups is 2. The summed E-state index contributed by atoms with van der Waals surface area (Å²) in [6.45, 7) is 0. The Morgan fingerprint density at radius 2 is 1.41 bits per heavy atom. The zero-order valence-corrected chi connectivity index (χ0v) is 18.2. The maximum absolute atomic E-state index is 12.4. The molecule has 0 aliphatic heterocycles. The number of methoxy groups -OCH3 is 3. The minimum Gasteiger partial charge on any atom is -0.497 e. The summed E-state index contributed by atoms with van der Waals surface area (Å²) in [5, 5.41) is 2.80. The molecule has 3 aromatic carbocycles. The van der Waals surface area contributed by atoms with Crippen molar-refractivity contribution in [1.29, 1.82) is 0 Å². The number of ether oxygens (including phenoxy) is 4. The molecule has 1 N–H and O–H groups in total. The third-order valence-electron chi connectivity index (χ3n) is 4.76. The van der Waals surface area contributed by atoms with Gasteiger partial charge in [0.05, 0.1) is 21.3 Å². The lowest BCUT2D eigenvalue weighted by Crippen LogP contribution is -2.12. The van der Waals surface area contributed by atoms with E-state index in [-0.39, 0.29) is 18.3 Å². The van der Waals surface area contributed by atoms with Crippen molar-refractivity contribution < 1.29 is 28.5 Å². The van der Waals surface area contributed by atoms with Gasteiger partial charge in [0.2, 0.25) is 0 Å². The van der Waals surface area contributed by atoms with Gasteiger partial charge in [0, 0.05) is 17.7 Å². The molecule has 1 amide bonds. The van der Waals surface area contributed by atoms with Gasteiger partial charge in [-0.3, -0.25) is 9.59 Å². The molecule has 0 aliphatic rings. The first-order chi connectivity index (χ1) is 15.5. The van der Waals surface area contributed by atoms with Crippen LogP contribution in [0.3, 0.4) is 0 Å². The number of aryl methyl sites for hydroxylation is 1. The van der Waals surface area contributed by atoms with Gasteiger partial charge in [-0.2, -0.15) is 0 Å². The molecular formula is C25H25NO6. The van der Waals surface area contributed by atoms with E-state index in [0.29, 0.717) is 40.7 Å². The van der Waals surface area contributed by atoms with Gasteiger partial charge >= 0.3 is 5.97 Å². The number of amides is 1. The van der Waals surface area contributed by atoms with E-state index in [1.165, 1.54) is 0 Å².